The van der Waals surface area contributed by atoms with E-state index in [1.807, 2.05) is 26.0 Å². The fraction of sp³-hybridized carbons (Fsp3) is 0.548. The number of hydrogen-bond donors (Lipinski definition) is 8. The molecule has 0 aliphatic carbocycles. The lowest BCUT2D eigenvalue weighted by Crippen LogP contribution is -2.58. The number of unbranched alkanes of at least 4 members (excludes halogenated alkanes) is 3. The molecule has 1 unspecified atom stereocenters. The maximum absolute atomic E-state index is 13.8. The average molecular weight is 793 g/mol. The van der Waals surface area contributed by atoms with E-state index in [1.54, 1.807) is 12.1 Å². The number of nitrogens with two attached hydrogens (primary N) is 3. The van der Waals surface area contributed by atoms with Crippen molar-refractivity contribution in [2.45, 2.75) is 129 Å². The largest absolute Gasteiger partial charge is 0.363 e. The van der Waals surface area contributed by atoms with Crippen molar-refractivity contribution >= 4 is 41.2 Å². The quantitative estimate of drug-likeness (QED) is 0.0512. The summed E-state index contributed by atoms with van der Waals surface area (Å²) in [5, 5.41) is 13.2. The number of Topliss-reactive ketones (excluding diaryl/α,β-unsaturated/α-hetero) is 1. The Kier molecular flexibility index (Phi) is 21.2. The molecule has 0 aliphatic rings. The molecule has 0 aliphatic heterocycles. The van der Waals surface area contributed by atoms with Crippen molar-refractivity contribution in [2.24, 2.45) is 23.1 Å². The number of nitrogens with one attached hydrogen (secondary N) is 5. The van der Waals surface area contributed by atoms with E-state index in [4.69, 9.17) is 17.2 Å². The maximum Gasteiger partial charge on any atom is 0.287 e. The lowest BCUT2D eigenvalue weighted by atomic mass is 10.0. The van der Waals surface area contributed by atoms with Gasteiger partial charge in [0.2, 0.25) is 29.4 Å². The van der Waals surface area contributed by atoms with Crippen molar-refractivity contribution in [2.75, 3.05) is 13.1 Å². The third kappa shape index (κ3) is 16.9. The molecule has 2 rings (SSSR count). The van der Waals surface area contributed by atoms with Crippen molar-refractivity contribution in [1.29, 1.82) is 0 Å². The predicted octanol–water partition coefficient (Wildman–Crippen LogP) is 2.13. The van der Waals surface area contributed by atoms with Gasteiger partial charge in [-0.3, -0.25) is 33.6 Å². The van der Waals surface area contributed by atoms with E-state index in [0.717, 1.165) is 30.4 Å². The van der Waals surface area contributed by atoms with E-state index >= 15 is 0 Å². The first-order valence-corrected chi connectivity index (χ1v) is 20.1. The Morgan fingerprint density at radius 1 is 0.561 bits per heavy atom. The van der Waals surface area contributed by atoms with Gasteiger partial charge in [-0.05, 0) is 119 Å². The minimum atomic E-state index is -1.20. The highest BCUT2D eigenvalue weighted by Crippen LogP contribution is 2.21. The summed E-state index contributed by atoms with van der Waals surface area (Å²) in [5.41, 5.74) is 20.1. The van der Waals surface area contributed by atoms with Crippen LogP contribution in [0.4, 0.5) is 0 Å². The number of hydrogen-bond acceptors (Lipinski definition) is 9. The summed E-state index contributed by atoms with van der Waals surface area (Å²) in [6, 6.07) is 10.00. The normalized spacial score (nSPS) is 13.7. The van der Waals surface area contributed by atoms with Crippen LogP contribution in [-0.4, -0.2) is 84.5 Å². The first kappa shape index (κ1) is 48.0. The Hall–Kier alpha value is -5.15. The molecule has 2 aromatic rings. The van der Waals surface area contributed by atoms with Crippen molar-refractivity contribution in [3.05, 3.63) is 59.7 Å². The second kappa shape index (κ2) is 25.2. The van der Waals surface area contributed by atoms with Crippen LogP contribution in [0.5, 0.6) is 0 Å². The molecule has 11 N–H and O–H groups in total. The Morgan fingerprint density at radius 3 is 1.54 bits per heavy atom. The van der Waals surface area contributed by atoms with E-state index in [0.29, 0.717) is 44.3 Å². The summed E-state index contributed by atoms with van der Waals surface area (Å²) in [4.78, 5) is 90.3. The molecule has 0 saturated carbocycles. The third-order valence-electron chi connectivity index (χ3n) is 9.49. The van der Waals surface area contributed by atoms with Gasteiger partial charge < -0.3 is 43.8 Å². The molecular formula is C42H64N8O7. The van der Waals surface area contributed by atoms with E-state index in [1.165, 1.54) is 19.4 Å². The zero-order chi connectivity index (χ0) is 42.5. The van der Waals surface area contributed by atoms with Crippen LogP contribution in [0.15, 0.2) is 48.5 Å². The van der Waals surface area contributed by atoms with Crippen LogP contribution in [0.2, 0.25) is 0 Å². The van der Waals surface area contributed by atoms with Gasteiger partial charge in [0.15, 0.2) is 0 Å². The fourth-order valence-electron chi connectivity index (χ4n) is 6.07. The molecule has 57 heavy (non-hydrogen) atoms. The standard InChI is InChI=1S/C42H64N8O7/c1-6-7-12-29-15-17-30(18-16-29)31-19-21-32(22-20-31)39(54)48-34(14-9-11-24-44)41(56)49-33(13-8-10-23-43)40(55)47-28(5)38(53)50-35(25-26(2)3)42(57)46-27(4)36(51)37(45)52/h15-22,26-28,33-35H,6-14,23-25,43-44H2,1-5H3,(H2,45,52)(H,46,57)(H,47,55)(H,48,54)(H,49,56)(H,50,53)/t27-,28-,33-,34?,35-/m0/s1. The SMILES string of the molecule is CCCCc1ccc(-c2ccc(C(=O)NC(CCCCN)C(=O)N[C@@H](CCCCN)C(=O)N[C@@H](C)C(=O)N[C@@H](CC(C)C)C(=O)N[C@@H](C)C(=O)C(N)=O)cc2)cc1. The Morgan fingerprint density at radius 2 is 1.04 bits per heavy atom. The summed E-state index contributed by atoms with van der Waals surface area (Å²) in [6.45, 7) is 9.33. The summed E-state index contributed by atoms with van der Waals surface area (Å²) in [5.74, 6) is -5.30. The molecule has 0 fully saturated rings. The lowest BCUT2D eigenvalue weighted by Gasteiger charge is -2.26. The maximum atomic E-state index is 13.8. The van der Waals surface area contributed by atoms with Crippen LogP contribution in [-0.2, 0) is 35.2 Å². The number of ketones is 1. The van der Waals surface area contributed by atoms with E-state index in [-0.39, 0.29) is 25.2 Å². The molecule has 0 radical (unpaired) electrons. The number of amides is 6. The molecule has 0 saturated heterocycles. The molecule has 6 amide bonds. The first-order chi connectivity index (χ1) is 27.1. The van der Waals surface area contributed by atoms with Gasteiger partial charge >= 0.3 is 0 Å². The molecule has 0 heterocycles. The number of carbonyl (C=O) groups excluding carboxylic acids is 7. The van der Waals surface area contributed by atoms with Crippen LogP contribution in [0.1, 0.15) is 108 Å². The molecule has 0 bridgehead atoms. The molecule has 314 valence electrons. The number of carbonyl (C=O) groups is 7. The van der Waals surface area contributed by atoms with Crippen molar-refractivity contribution in [3.63, 3.8) is 0 Å². The van der Waals surface area contributed by atoms with Gasteiger partial charge in [-0.2, -0.15) is 0 Å². The predicted molar refractivity (Wildman–Crippen MR) is 220 cm³/mol. The average Bonchev–Trinajstić information content (AvgIpc) is 3.18. The van der Waals surface area contributed by atoms with Gasteiger partial charge in [0.05, 0.1) is 6.04 Å². The van der Waals surface area contributed by atoms with Gasteiger partial charge in [-0.15, -0.1) is 0 Å². The number of benzene rings is 2. The van der Waals surface area contributed by atoms with Crippen molar-refractivity contribution < 1.29 is 33.6 Å². The third-order valence-corrected chi connectivity index (χ3v) is 9.49. The van der Waals surface area contributed by atoms with Gasteiger partial charge in [-0.1, -0.05) is 63.6 Å². The van der Waals surface area contributed by atoms with Crippen LogP contribution in [0, 0.1) is 5.92 Å². The molecule has 15 heteroatoms. The summed E-state index contributed by atoms with van der Waals surface area (Å²) in [6.07, 6.45) is 6.20. The molecule has 5 atom stereocenters. The van der Waals surface area contributed by atoms with Crippen LogP contribution < -0.4 is 43.8 Å². The molecule has 0 aromatic heterocycles. The second-order valence-corrected chi connectivity index (χ2v) is 14.9. The van der Waals surface area contributed by atoms with Crippen LogP contribution in [0.25, 0.3) is 11.1 Å². The molecular weight excluding hydrogens is 729 g/mol. The van der Waals surface area contributed by atoms with Crippen LogP contribution >= 0.6 is 0 Å². The summed E-state index contributed by atoms with van der Waals surface area (Å²) >= 11 is 0. The van der Waals surface area contributed by atoms with E-state index < -0.39 is 71.4 Å². The highest BCUT2D eigenvalue weighted by molar-refractivity contribution is 6.37. The Bertz CT molecular complexity index is 1630. The highest BCUT2D eigenvalue weighted by Gasteiger charge is 2.31. The van der Waals surface area contributed by atoms with Crippen LogP contribution in [0.3, 0.4) is 0 Å². The minimum Gasteiger partial charge on any atom is -0.363 e. The number of primary amides is 1. The Labute approximate surface area is 336 Å². The summed E-state index contributed by atoms with van der Waals surface area (Å²) < 4.78 is 0. The molecule has 15 nitrogen and oxygen atoms in total. The van der Waals surface area contributed by atoms with Gasteiger partial charge in [0.25, 0.3) is 11.8 Å². The molecule has 2 aromatic carbocycles. The number of aryl methyl sites for hydroxylation is 1. The monoisotopic (exact) mass is 792 g/mol. The number of rotatable bonds is 26. The second-order valence-electron chi connectivity index (χ2n) is 14.9. The Balaban J connectivity index is 2.17. The lowest BCUT2D eigenvalue weighted by molar-refractivity contribution is -0.138. The topological polar surface area (TPSA) is 258 Å². The van der Waals surface area contributed by atoms with Crippen molar-refractivity contribution in [3.8, 4) is 11.1 Å². The minimum absolute atomic E-state index is 0.0501. The van der Waals surface area contributed by atoms with E-state index in [9.17, 15) is 33.6 Å². The smallest absolute Gasteiger partial charge is 0.287 e. The summed E-state index contributed by atoms with van der Waals surface area (Å²) in [7, 11) is 0. The zero-order valence-corrected chi connectivity index (χ0v) is 34.2. The molecule has 0 spiro atoms. The van der Waals surface area contributed by atoms with E-state index in [2.05, 4.69) is 57.8 Å². The zero-order valence-electron chi connectivity index (χ0n) is 34.2. The van der Waals surface area contributed by atoms with Gasteiger partial charge in [0.1, 0.15) is 24.2 Å². The highest BCUT2D eigenvalue weighted by atomic mass is 16.2. The first-order valence-electron chi connectivity index (χ1n) is 20.1. The fourth-order valence-corrected chi connectivity index (χ4v) is 6.07. The van der Waals surface area contributed by atoms with Gasteiger partial charge in [-0.25, -0.2) is 0 Å². The van der Waals surface area contributed by atoms with Gasteiger partial charge in [0, 0.05) is 5.56 Å². The van der Waals surface area contributed by atoms with Crippen molar-refractivity contribution in [1.82, 2.24) is 26.6 Å².